The van der Waals surface area contributed by atoms with Crippen LogP contribution < -0.4 is 0 Å². The van der Waals surface area contributed by atoms with Gasteiger partial charge >= 0.3 is 5.97 Å². The Labute approximate surface area is 109 Å². The van der Waals surface area contributed by atoms with Crippen LogP contribution >= 0.6 is 11.3 Å². The summed E-state index contributed by atoms with van der Waals surface area (Å²) in [5, 5.41) is 11.3. The molecule has 4 heteroatoms. The van der Waals surface area contributed by atoms with Crippen LogP contribution in [0.3, 0.4) is 0 Å². The third kappa shape index (κ3) is 3.05. The van der Waals surface area contributed by atoms with E-state index in [1.54, 1.807) is 0 Å². The summed E-state index contributed by atoms with van der Waals surface area (Å²) in [6.45, 7) is 2.12. The number of hydrogen-bond acceptors (Lipinski definition) is 3. The Kier molecular flexibility index (Phi) is 3.89. The van der Waals surface area contributed by atoms with E-state index in [2.05, 4.69) is 24.0 Å². The Bertz CT molecular complexity index is 570. The first-order chi connectivity index (χ1) is 8.69. The number of carboxylic acid groups (broad SMARTS) is 1. The van der Waals surface area contributed by atoms with Crippen LogP contribution in [-0.4, -0.2) is 16.1 Å². The SMILES string of the molecule is CCc1ccc(-c2nc(/C=C/C(=O)O)cs2)cc1. The Morgan fingerprint density at radius 1 is 1.39 bits per heavy atom. The molecular weight excluding hydrogens is 246 g/mol. The predicted octanol–water partition coefficient (Wildman–Crippen LogP) is 3.47. The first-order valence-electron chi connectivity index (χ1n) is 5.65. The van der Waals surface area contributed by atoms with E-state index in [0.717, 1.165) is 23.1 Å². The summed E-state index contributed by atoms with van der Waals surface area (Å²) in [5.41, 5.74) is 3.03. The molecule has 1 heterocycles. The van der Waals surface area contributed by atoms with Crippen molar-refractivity contribution in [2.24, 2.45) is 0 Å². The summed E-state index contributed by atoms with van der Waals surface area (Å²) >= 11 is 1.51. The number of carbonyl (C=O) groups is 1. The summed E-state index contributed by atoms with van der Waals surface area (Å²) < 4.78 is 0. The molecule has 0 amide bonds. The van der Waals surface area contributed by atoms with Crippen molar-refractivity contribution in [3.8, 4) is 10.6 Å². The lowest BCUT2D eigenvalue weighted by Gasteiger charge is -1.98. The van der Waals surface area contributed by atoms with Crippen molar-refractivity contribution in [2.45, 2.75) is 13.3 Å². The molecule has 0 aliphatic carbocycles. The molecular formula is C14H13NO2S. The molecule has 0 unspecified atom stereocenters. The van der Waals surface area contributed by atoms with Crippen LogP contribution in [0.4, 0.5) is 0 Å². The number of rotatable bonds is 4. The van der Waals surface area contributed by atoms with Gasteiger partial charge in [-0.25, -0.2) is 9.78 Å². The topological polar surface area (TPSA) is 50.2 Å². The van der Waals surface area contributed by atoms with Crippen molar-refractivity contribution < 1.29 is 9.90 Å². The van der Waals surface area contributed by atoms with Crippen LogP contribution in [0.15, 0.2) is 35.7 Å². The molecule has 18 heavy (non-hydrogen) atoms. The minimum absolute atomic E-state index is 0.678. The minimum Gasteiger partial charge on any atom is -0.478 e. The van der Waals surface area contributed by atoms with Crippen LogP contribution in [0.2, 0.25) is 0 Å². The molecule has 0 saturated heterocycles. The molecule has 92 valence electrons. The van der Waals surface area contributed by atoms with Crippen molar-refractivity contribution >= 4 is 23.4 Å². The molecule has 1 N–H and O–H groups in total. The molecule has 2 rings (SSSR count). The average molecular weight is 259 g/mol. The third-order valence-electron chi connectivity index (χ3n) is 2.53. The van der Waals surface area contributed by atoms with E-state index in [1.165, 1.54) is 23.0 Å². The van der Waals surface area contributed by atoms with Gasteiger partial charge in [0, 0.05) is 17.0 Å². The molecule has 0 aliphatic heterocycles. The molecule has 0 fully saturated rings. The third-order valence-corrected chi connectivity index (χ3v) is 3.44. The van der Waals surface area contributed by atoms with Crippen LogP contribution in [0.5, 0.6) is 0 Å². The Morgan fingerprint density at radius 2 is 2.11 bits per heavy atom. The average Bonchev–Trinajstić information content (AvgIpc) is 2.85. The Morgan fingerprint density at radius 3 is 2.72 bits per heavy atom. The van der Waals surface area contributed by atoms with E-state index in [4.69, 9.17) is 5.11 Å². The number of hydrogen-bond donors (Lipinski definition) is 1. The molecule has 2 aromatic rings. The van der Waals surface area contributed by atoms with Gasteiger partial charge in [0.05, 0.1) is 5.69 Å². The highest BCUT2D eigenvalue weighted by molar-refractivity contribution is 7.13. The minimum atomic E-state index is -0.961. The van der Waals surface area contributed by atoms with Crippen LogP contribution in [0, 0.1) is 0 Å². The van der Waals surface area contributed by atoms with E-state index >= 15 is 0 Å². The zero-order chi connectivity index (χ0) is 13.0. The number of carboxylic acids is 1. The molecule has 0 saturated carbocycles. The highest BCUT2D eigenvalue weighted by Gasteiger charge is 2.03. The van der Waals surface area contributed by atoms with E-state index in [0.29, 0.717) is 5.69 Å². The fourth-order valence-corrected chi connectivity index (χ4v) is 2.33. The lowest BCUT2D eigenvalue weighted by molar-refractivity contribution is -0.131. The van der Waals surface area contributed by atoms with E-state index < -0.39 is 5.97 Å². The number of aryl methyl sites for hydroxylation is 1. The molecule has 1 aromatic carbocycles. The van der Waals surface area contributed by atoms with Crippen LogP contribution in [0.1, 0.15) is 18.2 Å². The predicted molar refractivity (Wildman–Crippen MR) is 73.6 cm³/mol. The number of benzene rings is 1. The second kappa shape index (κ2) is 5.60. The van der Waals surface area contributed by atoms with Gasteiger partial charge in [-0.2, -0.15) is 0 Å². The number of nitrogens with zero attached hydrogens (tertiary/aromatic N) is 1. The number of aliphatic carboxylic acids is 1. The Hall–Kier alpha value is -1.94. The van der Waals surface area contributed by atoms with Gasteiger partial charge in [0.25, 0.3) is 0 Å². The van der Waals surface area contributed by atoms with Gasteiger partial charge in [0.2, 0.25) is 0 Å². The fourth-order valence-electron chi connectivity index (χ4n) is 1.53. The molecule has 0 spiro atoms. The molecule has 0 atom stereocenters. The highest BCUT2D eigenvalue weighted by Crippen LogP contribution is 2.24. The summed E-state index contributed by atoms with van der Waals surface area (Å²) in [7, 11) is 0. The Balaban J connectivity index is 2.20. The standard InChI is InChI=1S/C14H13NO2S/c1-2-10-3-5-11(6-4-10)14-15-12(9-18-14)7-8-13(16)17/h3-9H,2H2,1H3,(H,16,17)/b8-7+. The number of aromatic nitrogens is 1. The van der Waals surface area contributed by atoms with Gasteiger partial charge in [0.15, 0.2) is 0 Å². The second-order valence-electron chi connectivity index (χ2n) is 3.80. The zero-order valence-electron chi connectivity index (χ0n) is 9.96. The summed E-state index contributed by atoms with van der Waals surface area (Å²) in [6.07, 6.45) is 3.62. The summed E-state index contributed by atoms with van der Waals surface area (Å²) in [6, 6.07) is 8.26. The van der Waals surface area contributed by atoms with E-state index in [9.17, 15) is 4.79 Å². The smallest absolute Gasteiger partial charge is 0.328 e. The monoisotopic (exact) mass is 259 g/mol. The largest absolute Gasteiger partial charge is 0.478 e. The summed E-state index contributed by atoms with van der Waals surface area (Å²) in [4.78, 5) is 14.8. The van der Waals surface area contributed by atoms with Gasteiger partial charge in [-0.05, 0) is 18.1 Å². The highest BCUT2D eigenvalue weighted by atomic mass is 32.1. The summed E-state index contributed by atoms with van der Waals surface area (Å²) in [5.74, 6) is -0.961. The lowest BCUT2D eigenvalue weighted by atomic mass is 10.1. The normalized spacial score (nSPS) is 10.9. The van der Waals surface area contributed by atoms with E-state index in [-0.39, 0.29) is 0 Å². The maximum atomic E-state index is 10.4. The van der Waals surface area contributed by atoms with Crippen molar-refractivity contribution in [1.82, 2.24) is 4.98 Å². The quantitative estimate of drug-likeness (QED) is 0.855. The first-order valence-corrected chi connectivity index (χ1v) is 6.53. The van der Waals surface area contributed by atoms with Gasteiger partial charge in [-0.3, -0.25) is 0 Å². The van der Waals surface area contributed by atoms with Crippen LogP contribution in [-0.2, 0) is 11.2 Å². The van der Waals surface area contributed by atoms with Crippen LogP contribution in [0.25, 0.3) is 16.6 Å². The van der Waals surface area contributed by atoms with Crippen molar-refractivity contribution in [3.05, 3.63) is 47.0 Å². The van der Waals surface area contributed by atoms with E-state index in [1.807, 2.05) is 17.5 Å². The van der Waals surface area contributed by atoms with Crippen molar-refractivity contribution in [1.29, 1.82) is 0 Å². The fraction of sp³-hybridized carbons (Fsp3) is 0.143. The van der Waals surface area contributed by atoms with Crippen molar-refractivity contribution in [2.75, 3.05) is 0 Å². The molecule has 0 radical (unpaired) electrons. The zero-order valence-corrected chi connectivity index (χ0v) is 10.8. The second-order valence-corrected chi connectivity index (χ2v) is 4.66. The maximum absolute atomic E-state index is 10.4. The maximum Gasteiger partial charge on any atom is 0.328 e. The molecule has 1 aromatic heterocycles. The van der Waals surface area contributed by atoms with Crippen molar-refractivity contribution in [3.63, 3.8) is 0 Å². The van der Waals surface area contributed by atoms with Gasteiger partial charge < -0.3 is 5.11 Å². The van der Waals surface area contributed by atoms with Gasteiger partial charge in [-0.15, -0.1) is 11.3 Å². The first kappa shape index (κ1) is 12.5. The molecule has 0 aliphatic rings. The van der Waals surface area contributed by atoms with Gasteiger partial charge in [0.1, 0.15) is 5.01 Å². The van der Waals surface area contributed by atoms with Gasteiger partial charge in [-0.1, -0.05) is 31.2 Å². The molecule has 3 nitrogen and oxygen atoms in total. The number of thiazole rings is 1. The lowest BCUT2D eigenvalue weighted by Crippen LogP contribution is -1.85. The molecule has 0 bridgehead atoms.